The van der Waals surface area contributed by atoms with E-state index in [0.29, 0.717) is 28.6 Å². The Kier molecular flexibility index (Phi) is 3.95. The van der Waals surface area contributed by atoms with Gasteiger partial charge in [0.15, 0.2) is 17.0 Å². The number of fused-ring (bicyclic) bond motifs is 2. The lowest BCUT2D eigenvalue weighted by molar-refractivity contribution is -0.125. The average Bonchev–Trinajstić information content (AvgIpc) is 3.34. The predicted molar refractivity (Wildman–Crippen MR) is 105 cm³/mol. The smallest absolute Gasteiger partial charge is 0.339 e. The quantitative estimate of drug-likeness (QED) is 0.528. The first-order chi connectivity index (χ1) is 13.7. The number of thiazole rings is 1. The molecular weight excluding hydrogens is 376 g/mol. The van der Waals surface area contributed by atoms with Crippen molar-refractivity contribution in [3.05, 3.63) is 71.1 Å². The Bertz CT molecular complexity index is 1180. The van der Waals surface area contributed by atoms with Crippen LogP contribution < -0.4 is 5.32 Å². The Hall–Kier alpha value is -3.45. The molecule has 0 saturated carbocycles. The van der Waals surface area contributed by atoms with Gasteiger partial charge < -0.3 is 9.15 Å². The molecule has 6 nitrogen and oxygen atoms in total. The molecule has 0 spiro atoms. The van der Waals surface area contributed by atoms with Crippen LogP contribution in [0, 0.1) is 0 Å². The van der Waals surface area contributed by atoms with Gasteiger partial charge in [-0.1, -0.05) is 36.4 Å². The fourth-order valence-electron chi connectivity index (χ4n) is 3.22. The molecule has 3 heterocycles. The SMILES string of the molecule is O=C1OC(C(=O)Nc2nc(-c3cc4ccccc4o3)cs2)Cc2ccccc21. The Morgan fingerprint density at radius 2 is 1.96 bits per heavy atom. The first-order valence-electron chi connectivity index (χ1n) is 8.71. The Balaban J connectivity index is 1.33. The van der Waals surface area contributed by atoms with Gasteiger partial charge in [0.05, 0.1) is 5.56 Å². The van der Waals surface area contributed by atoms with Gasteiger partial charge in [-0.15, -0.1) is 11.3 Å². The summed E-state index contributed by atoms with van der Waals surface area (Å²) >= 11 is 1.29. The summed E-state index contributed by atoms with van der Waals surface area (Å²) in [5.41, 5.74) is 2.74. The molecule has 1 atom stereocenters. The van der Waals surface area contributed by atoms with Gasteiger partial charge in [0.2, 0.25) is 0 Å². The van der Waals surface area contributed by atoms with Crippen molar-refractivity contribution in [2.45, 2.75) is 12.5 Å². The minimum Gasteiger partial charge on any atom is -0.454 e. The molecule has 4 aromatic rings. The van der Waals surface area contributed by atoms with Crippen molar-refractivity contribution >= 4 is 39.3 Å². The van der Waals surface area contributed by atoms with E-state index in [0.717, 1.165) is 16.5 Å². The molecule has 28 heavy (non-hydrogen) atoms. The van der Waals surface area contributed by atoms with Crippen LogP contribution >= 0.6 is 11.3 Å². The largest absolute Gasteiger partial charge is 0.454 e. The molecule has 0 aliphatic carbocycles. The summed E-state index contributed by atoms with van der Waals surface area (Å²) in [6, 6.07) is 16.8. The van der Waals surface area contributed by atoms with Crippen molar-refractivity contribution in [2.75, 3.05) is 5.32 Å². The number of para-hydroxylation sites is 1. The zero-order chi connectivity index (χ0) is 19.1. The highest BCUT2D eigenvalue weighted by molar-refractivity contribution is 7.14. The molecule has 0 radical (unpaired) electrons. The van der Waals surface area contributed by atoms with E-state index in [9.17, 15) is 9.59 Å². The summed E-state index contributed by atoms with van der Waals surface area (Å²) in [6.07, 6.45) is -0.531. The first-order valence-corrected chi connectivity index (χ1v) is 9.59. The van der Waals surface area contributed by atoms with E-state index in [1.54, 1.807) is 12.1 Å². The number of carbonyl (C=O) groups is 2. The normalized spacial score (nSPS) is 15.9. The van der Waals surface area contributed by atoms with Crippen LogP contribution in [0.3, 0.4) is 0 Å². The number of hydrogen-bond acceptors (Lipinski definition) is 6. The lowest BCUT2D eigenvalue weighted by atomic mass is 9.98. The summed E-state index contributed by atoms with van der Waals surface area (Å²) in [7, 11) is 0. The Labute approximate surface area is 163 Å². The molecule has 1 unspecified atom stereocenters. The van der Waals surface area contributed by atoms with Crippen LogP contribution in [0.15, 0.2) is 64.4 Å². The van der Waals surface area contributed by atoms with E-state index >= 15 is 0 Å². The zero-order valence-corrected chi connectivity index (χ0v) is 15.4. The first kappa shape index (κ1) is 16.7. The highest BCUT2D eigenvalue weighted by Gasteiger charge is 2.31. The van der Waals surface area contributed by atoms with Gasteiger partial charge in [0, 0.05) is 17.2 Å². The standard InChI is InChI=1S/C21H14N2O4S/c24-19(18-9-12-5-1-3-7-14(12)20(25)27-18)23-21-22-15(11-28-21)17-10-13-6-2-4-8-16(13)26-17/h1-8,10-11,18H,9H2,(H,22,23,24). The van der Waals surface area contributed by atoms with Crippen LogP contribution in [0.4, 0.5) is 5.13 Å². The number of furan rings is 1. The molecule has 138 valence electrons. The number of amides is 1. The van der Waals surface area contributed by atoms with Crippen LogP contribution in [0.2, 0.25) is 0 Å². The van der Waals surface area contributed by atoms with Gasteiger partial charge in [-0.3, -0.25) is 10.1 Å². The highest BCUT2D eigenvalue weighted by Crippen LogP contribution is 2.30. The monoisotopic (exact) mass is 390 g/mol. The number of nitrogens with one attached hydrogen (secondary N) is 1. The predicted octanol–water partition coefficient (Wildman–Crippen LogP) is 4.28. The van der Waals surface area contributed by atoms with Crippen LogP contribution in [-0.2, 0) is 16.0 Å². The number of rotatable bonds is 3. The van der Waals surface area contributed by atoms with E-state index in [1.807, 2.05) is 47.8 Å². The molecule has 0 fully saturated rings. The maximum Gasteiger partial charge on any atom is 0.339 e. The second-order valence-corrected chi connectivity index (χ2v) is 7.29. The van der Waals surface area contributed by atoms with Crippen molar-refractivity contribution < 1.29 is 18.7 Å². The Morgan fingerprint density at radius 3 is 2.86 bits per heavy atom. The minimum atomic E-state index is -0.874. The summed E-state index contributed by atoms with van der Waals surface area (Å²) in [4.78, 5) is 29.1. The molecular formula is C21H14N2O4S. The van der Waals surface area contributed by atoms with Crippen molar-refractivity contribution in [1.29, 1.82) is 0 Å². The number of ether oxygens (including phenoxy) is 1. The molecule has 2 aromatic heterocycles. The van der Waals surface area contributed by atoms with Crippen molar-refractivity contribution in [2.24, 2.45) is 0 Å². The minimum absolute atomic E-state index is 0.343. The summed E-state index contributed by atoms with van der Waals surface area (Å²) in [5, 5.41) is 5.97. The van der Waals surface area contributed by atoms with Gasteiger partial charge in [0.1, 0.15) is 11.3 Å². The highest BCUT2D eigenvalue weighted by atomic mass is 32.1. The summed E-state index contributed by atoms with van der Waals surface area (Å²) < 4.78 is 11.1. The third-order valence-electron chi connectivity index (χ3n) is 4.60. The number of carbonyl (C=O) groups excluding carboxylic acids is 2. The van der Waals surface area contributed by atoms with Crippen molar-refractivity contribution in [3.63, 3.8) is 0 Å². The summed E-state index contributed by atoms with van der Waals surface area (Å²) in [5.74, 6) is -0.242. The fraction of sp³-hybridized carbons (Fsp3) is 0.0952. The Morgan fingerprint density at radius 1 is 1.14 bits per heavy atom. The summed E-state index contributed by atoms with van der Waals surface area (Å²) in [6.45, 7) is 0. The number of benzene rings is 2. The molecule has 7 heteroatoms. The number of esters is 1. The third kappa shape index (κ3) is 2.95. The van der Waals surface area contributed by atoms with Crippen LogP contribution in [-0.4, -0.2) is 23.0 Å². The van der Waals surface area contributed by atoms with Crippen LogP contribution in [0.5, 0.6) is 0 Å². The fourth-order valence-corrected chi connectivity index (χ4v) is 3.92. The molecule has 1 aliphatic rings. The maximum absolute atomic E-state index is 12.6. The molecule has 1 aliphatic heterocycles. The van der Waals surface area contributed by atoms with Crippen LogP contribution in [0.25, 0.3) is 22.4 Å². The molecule has 2 aromatic carbocycles. The zero-order valence-electron chi connectivity index (χ0n) is 14.5. The van der Waals surface area contributed by atoms with Crippen molar-refractivity contribution in [1.82, 2.24) is 4.98 Å². The number of hydrogen-bond donors (Lipinski definition) is 1. The number of cyclic esters (lactones) is 1. The van der Waals surface area contributed by atoms with Crippen LogP contribution in [0.1, 0.15) is 15.9 Å². The lowest BCUT2D eigenvalue weighted by Gasteiger charge is -2.23. The number of nitrogens with zero attached hydrogens (tertiary/aromatic N) is 1. The van der Waals surface area contributed by atoms with E-state index in [4.69, 9.17) is 9.15 Å². The maximum atomic E-state index is 12.6. The van der Waals surface area contributed by atoms with E-state index < -0.39 is 18.0 Å². The molecule has 1 amide bonds. The number of aromatic nitrogens is 1. The van der Waals surface area contributed by atoms with E-state index in [1.165, 1.54) is 11.3 Å². The molecule has 0 saturated heterocycles. The number of anilines is 1. The van der Waals surface area contributed by atoms with E-state index in [2.05, 4.69) is 10.3 Å². The lowest BCUT2D eigenvalue weighted by Crippen LogP contribution is -2.37. The van der Waals surface area contributed by atoms with Gasteiger partial charge in [-0.25, -0.2) is 9.78 Å². The van der Waals surface area contributed by atoms with E-state index in [-0.39, 0.29) is 0 Å². The molecule has 1 N–H and O–H groups in total. The van der Waals surface area contributed by atoms with Crippen molar-refractivity contribution in [3.8, 4) is 11.5 Å². The molecule has 0 bridgehead atoms. The average molecular weight is 390 g/mol. The second kappa shape index (κ2) is 6.61. The van der Waals surface area contributed by atoms with Gasteiger partial charge in [-0.2, -0.15) is 0 Å². The second-order valence-electron chi connectivity index (χ2n) is 6.43. The van der Waals surface area contributed by atoms with Gasteiger partial charge >= 0.3 is 5.97 Å². The third-order valence-corrected chi connectivity index (χ3v) is 5.35. The topological polar surface area (TPSA) is 81.4 Å². The van der Waals surface area contributed by atoms with Gasteiger partial charge in [-0.05, 0) is 23.8 Å². The molecule has 5 rings (SSSR count). The van der Waals surface area contributed by atoms with Gasteiger partial charge in [0.25, 0.3) is 5.91 Å².